The second kappa shape index (κ2) is 7.71. The lowest BCUT2D eigenvalue weighted by Gasteiger charge is -2.10. The summed E-state index contributed by atoms with van der Waals surface area (Å²) in [4.78, 5) is 16.1. The monoisotopic (exact) mass is 394 g/mol. The zero-order valence-electron chi connectivity index (χ0n) is 13.3. The van der Waals surface area contributed by atoms with Gasteiger partial charge in [0.15, 0.2) is 4.34 Å². The van der Waals surface area contributed by atoms with Crippen LogP contribution in [0.2, 0.25) is 0 Å². The molecule has 0 aliphatic heterocycles. The van der Waals surface area contributed by atoms with Crippen molar-refractivity contribution < 1.29 is 23.4 Å². The minimum atomic E-state index is -1.37. The zero-order chi connectivity index (χ0) is 18.7. The topological polar surface area (TPSA) is 71.5 Å². The lowest BCUT2D eigenvalue weighted by molar-refractivity contribution is 0.0691. The summed E-state index contributed by atoms with van der Waals surface area (Å²) in [6, 6.07) is 8.24. The molecule has 2 N–H and O–H groups in total. The van der Waals surface area contributed by atoms with E-state index in [2.05, 4.69) is 9.71 Å². The Kier molecular flexibility index (Phi) is 5.38. The summed E-state index contributed by atoms with van der Waals surface area (Å²) in [6.07, 6.45) is 1.66. The summed E-state index contributed by atoms with van der Waals surface area (Å²) in [5, 5.41) is 8.96. The zero-order valence-corrected chi connectivity index (χ0v) is 15.0. The highest BCUT2D eigenvalue weighted by molar-refractivity contribution is 8.02. The number of nitrogens with zero attached hydrogens (tertiary/aromatic N) is 1. The molecule has 3 aromatic rings. The third-order valence-corrected chi connectivity index (χ3v) is 5.32. The molecule has 1 heterocycles. The Morgan fingerprint density at radius 3 is 2.65 bits per heavy atom. The van der Waals surface area contributed by atoms with E-state index in [0.717, 1.165) is 34.5 Å². The van der Waals surface area contributed by atoms with Crippen molar-refractivity contribution in [3.05, 3.63) is 59.8 Å². The van der Waals surface area contributed by atoms with Crippen molar-refractivity contribution in [2.24, 2.45) is 0 Å². The van der Waals surface area contributed by atoms with Gasteiger partial charge in [0.1, 0.15) is 17.4 Å². The molecule has 134 valence electrons. The first-order valence-electron chi connectivity index (χ1n) is 7.23. The van der Waals surface area contributed by atoms with Crippen LogP contribution in [0.4, 0.5) is 14.5 Å². The number of carboxylic acids is 1. The summed E-state index contributed by atoms with van der Waals surface area (Å²) < 4.78 is 35.5. The van der Waals surface area contributed by atoms with Gasteiger partial charge in [-0.3, -0.25) is 0 Å². The maximum Gasteiger partial charge on any atom is 0.338 e. The van der Waals surface area contributed by atoms with Crippen molar-refractivity contribution in [1.82, 2.24) is 4.98 Å². The van der Waals surface area contributed by atoms with E-state index in [9.17, 15) is 13.6 Å². The second-order valence-corrected chi connectivity index (χ2v) is 7.12. The van der Waals surface area contributed by atoms with Crippen LogP contribution >= 0.6 is 23.3 Å². The molecule has 9 heteroatoms. The van der Waals surface area contributed by atoms with Crippen LogP contribution in [-0.4, -0.2) is 23.2 Å². The predicted octanol–water partition coefficient (Wildman–Crippen LogP) is 4.91. The fourth-order valence-corrected chi connectivity index (χ4v) is 3.79. The molecule has 0 saturated carbocycles. The number of rotatable bonds is 6. The molecule has 0 saturated heterocycles. The van der Waals surface area contributed by atoms with E-state index < -0.39 is 17.3 Å². The van der Waals surface area contributed by atoms with Crippen molar-refractivity contribution in [3.8, 4) is 16.2 Å². The van der Waals surface area contributed by atoms with Gasteiger partial charge in [-0.05, 0) is 23.8 Å². The Bertz CT molecular complexity index is 946. The van der Waals surface area contributed by atoms with E-state index in [1.54, 1.807) is 18.3 Å². The number of hydrogen-bond acceptors (Lipinski definition) is 6. The smallest absolute Gasteiger partial charge is 0.338 e. The van der Waals surface area contributed by atoms with Gasteiger partial charge in [0.25, 0.3) is 0 Å². The molecule has 0 unspecified atom stereocenters. The van der Waals surface area contributed by atoms with Gasteiger partial charge in [0.05, 0.1) is 23.2 Å². The Morgan fingerprint density at radius 1 is 1.27 bits per heavy atom. The first kappa shape index (κ1) is 18.2. The highest BCUT2D eigenvalue weighted by atomic mass is 32.2. The van der Waals surface area contributed by atoms with Crippen LogP contribution in [0.3, 0.4) is 0 Å². The lowest BCUT2D eigenvalue weighted by atomic mass is 10.2. The minimum Gasteiger partial charge on any atom is -0.495 e. The third kappa shape index (κ3) is 3.94. The van der Waals surface area contributed by atoms with Crippen LogP contribution in [0.1, 0.15) is 10.4 Å². The van der Waals surface area contributed by atoms with Crippen molar-refractivity contribution >= 4 is 34.9 Å². The minimum absolute atomic E-state index is 0.201. The number of carboxylic acid groups (broad SMARTS) is 1. The number of methoxy groups -OCH3 is 1. The molecule has 0 aliphatic rings. The quantitative estimate of drug-likeness (QED) is 0.579. The normalized spacial score (nSPS) is 10.6. The Balaban J connectivity index is 1.76. The number of ether oxygens (including phenoxy) is 1. The number of anilines is 1. The van der Waals surface area contributed by atoms with E-state index in [1.165, 1.54) is 30.6 Å². The fourth-order valence-electron chi connectivity index (χ4n) is 2.12. The standard InChI is InChI=1S/C17H12F2N2O3S2/c1-24-14-6-11(16(22)23)12(19)7-13(14)21-26-17-20-8-15(25-17)9-2-4-10(18)5-3-9/h2-8,21H,1H3,(H,22,23). The molecule has 0 fully saturated rings. The van der Waals surface area contributed by atoms with Gasteiger partial charge >= 0.3 is 5.97 Å². The van der Waals surface area contributed by atoms with Crippen LogP contribution in [0.5, 0.6) is 5.75 Å². The third-order valence-electron chi connectivity index (χ3n) is 3.38. The van der Waals surface area contributed by atoms with Crippen LogP contribution in [0.25, 0.3) is 10.4 Å². The molecule has 2 aromatic carbocycles. The molecule has 1 aromatic heterocycles. The van der Waals surface area contributed by atoms with E-state index in [-0.39, 0.29) is 11.6 Å². The molecule has 5 nitrogen and oxygen atoms in total. The summed E-state index contributed by atoms with van der Waals surface area (Å²) in [5.74, 6) is -2.35. The van der Waals surface area contributed by atoms with Gasteiger partial charge in [-0.2, -0.15) is 0 Å². The highest BCUT2D eigenvalue weighted by Gasteiger charge is 2.16. The number of halogens is 2. The van der Waals surface area contributed by atoms with Crippen LogP contribution < -0.4 is 9.46 Å². The average Bonchev–Trinajstić information content (AvgIpc) is 3.09. The first-order valence-corrected chi connectivity index (χ1v) is 8.86. The number of benzene rings is 2. The molecule has 0 spiro atoms. The van der Waals surface area contributed by atoms with Gasteiger partial charge < -0.3 is 14.6 Å². The number of aromatic nitrogens is 1. The van der Waals surface area contributed by atoms with Crippen LogP contribution in [-0.2, 0) is 0 Å². The fraction of sp³-hybridized carbons (Fsp3) is 0.0588. The SMILES string of the molecule is COc1cc(C(=O)O)c(F)cc1NSc1ncc(-c2ccc(F)cc2)s1. The summed E-state index contributed by atoms with van der Waals surface area (Å²) >= 11 is 2.51. The molecule has 0 aliphatic carbocycles. The molecule has 0 radical (unpaired) electrons. The van der Waals surface area contributed by atoms with Crippen LogP contribution in [0.15, 0.2) is 46.9 Å². The van der Waals surface area contributed by atoms with E-state index in [0.29, 0.717) is 10.0 Å². The van der Waals surface area contributed by atoms with E-state index in [1.807, 2.05) is 0 Å². The van der Waals surface area contributed by atoms with E-state index in [4.69, 9.17) is 9.84 Å². The summed E-state index contributed by atoms with van der Waals surface area (Å²) in [7, 11) is 1.37. The Morgan fingerprint density at radius 2 is 2.00 bits per heavy atom. The number of aromatic carboxylic acids is 1. The first-order chi connectivity index (χ1) is 12.5. The van der Waals surface area contributed by atoms with E-state index >= 15 is 0 Å². The maximum absolute atomic E-state index is 13.9. The summed E-state index contributed by atoms with van der Waals surface area (Å²) in [6.45, 7) is 0. The number of nitrogens with one attached hydrogen (secondary N) is 1. The van der Waals surface area contributed by atoms with Crippen LogP contribution in [0, 0.1) is 11.6 Å². The molecule has 0 atom stereocenters. The van der Waals surface area contributed by atoms with Crippen molar-refractivity contribution in [2.75, 3.05) is 11.8 Å². The molecular weight excluding hydrogens is 382 g/mol. The van der Waals surface area contributed by atoms with Gasteiger partial charge in [-0.1, -0.05) is 12.1 Å². The number of thiazole rings is 1. The Labute approximate surface area is 155 Å². The summed E-state index contributed by atoms with van der Waals surface area (Å²) in [5.41, 5.74) is 0.661. The van der Waals surface area contributed by atoms with Gasteiger partial charge in [-0.25, -0.2) is 18.6 Å². The van der Waals surface area contributed by atoms with Crippen molar-refractivity contribution in [3.63, 3.8) is 0 Å². The average molecular weight is 394 g/mol. The lowest BCUT2D eigenvalue weighted by Crippen LogP contribution is -2.03. The number of carbonyl (C=O) groups is 1. The highest BCUT2D eigenvalue weighted by Crippen LogP contribution is 2.35. The molecule has 3 rings (SSSR count). The molecule has 26 heavy (non-hydrogen) atoms. The molecule has 0 amide bonds. The van der Waals surface area contributed by atoms with Gasteiger partial charge in [0, 0.05) is 24.2 Å². The Hall–Kier alpha value is -2.65. The molecule has 0 bridgehead atoms. The second-order valence-electron chi connectivity index (χ2n) is 5.04. The van der Waals surface area contributed by atoms with Gasteiger partial charge in [0.2, 0.25) is 0 Å². The predicted molar refractivity (Wildman–Crippen MR) is 96.9 cm³/mol. The van der Waals surface area contributed by atoms with Crippen molar-refractivity contribution in [2.45, 2.75) is 4.34 Å². The largest absolute Gasteiger partial charge is 0.495 e. The number of hydrogen-bond donors (Lipinski definition) is 2. The molecular formula is C17H12F2N2O3S2. The van der Waals surface area contributed by atoms with Crippen molar-refractivity contribution in [1.29, 1.82) is 0 Å². The van der Waals surface area contributed by atoms with Gasteiger partial charge in [-0.15, -0.1) is 11.3 Å². The maximum atomic E-state index is 13.9.